The van der Waals surface area contributed by atoms with E-state index in [0.29, 0.717) is 31.9 Å². The van der Waals surface area contributed by atoms with Gasteiger partial charge in [0.2, 0.25) is 0 Å². The van der Waals surface area contributed by atoms with Crippen molar-refractivity contribution >= 4 is 49.2 Å². The largest absolute Gasteiger partial charge is 0.455 e. The molecule has 0 amide bonds. The number of nitro benzene ring substituents is 1. The van der Waals surface area contributed by atoms with Crippen LogP contribution in [0.25, 0.3) is 0 Å². The number of nitrogens with zero attached hydrogens (tertiary/aromatic N) is 1. The number of carbonyl (C=O) groups excluding carboxylic acids is 1. The maximum Gasteiger partial charge on any atom is 0.308 e. The molecule has 0 fully saturated rings. The van der Waals surface area contributed by atoms with Gasteiger partial charge in [0.1, 0.15) is 17.2 Å². The Hall–Kier alpha value is -2.13. The molecular weight excluding hydrogens is 448 g/mol. The summed E-state index contributed by atoms with van der Waals surface area (Å²) < 4.78 is 11.8. The molecule has 2 rings (SSSR count). The molecule has 7 nitrogen and oxygen atoms in total. The number of carbonyl (C=O) groups is 1. The molecule has 2 aromatic rings. The summed E-state index contributed by atoms with van der Waals surface area (Å²) in [7, 11) is 1.60. The van der Waals surface area contributed by atoms with Crippen molar-refractivity contribution in [3.05, 3.63) is 49.4 Å². The Morgan fingerprint density at radius 2 is 1.79 bits per heavy atom. The quantitative estimate of drug-likeness (QED) is 0.296. The highest BCUT2D eigenvalue weighted by molar-refractivity contribution is 9.11. The zero-order valence-electron chi connectivity index (χ0n) is 12.6. The van der Waals surface area contributed by atoms with Gasteiger partial charge < -0.3 is 14.8 Å². The average Bonchev–Trinajstić information content (AvgIpc) is 2.50. The fourth-order valence-corrected chi connectivity index (χ4v) is 3.22. The number of hydrogen-bond acceptors (Lipinski definition) is 6. The van der Waals surface area contributed by atoms with Crippen LogP contribution in [0.4, 0.5) is 11.4 Å². The maximum atomic E-state index is 11.1. The van der Waals surface area contributed by atoms with Crippen LogP contribution in [0.3, 0.4) is 0 Å². The Morgan fingerprint density at radius 3 is 2.29 bits per heavy atom. The lowest BCUT2D eigenvalue weighted by Crippen LogP contribution is -2.01. The Bertz CT molecular complexity index is 787. The van der Waals surface area contributed by atoms with E-state index >= 15 is 0 Å². The van der Waals surface area contributed by atoms with E-state index in [4.69, 9.17) is 9.47 Å². The molecule has 0 aliphatic rings. The molecule has 0 radical (unpaired) electrons. The van der Waals surface area contributed by atoms with Crippen LogP contribution >= 0.6 is 31.9 Å². The van der Waals surface area contributed by atoms with E-state index in [1.165, 1.54) is 13.0 Å². The van der Waals surface area contributed by atoms with Crippen LogP contribution in [0.1, 0.15) is 6.92 Å². The molecule has 24 heavy (non-hydrogen) atoms. The van der Waals surface area contributed by atoms with Crippen molar-refractivity contribution in [1.29, 1.82) is 0 Å². The van der Waals surface area contributed by atoms with Gasteiger partial charge in [-0.3, -0.25) is 14.9 Å². The average molecular weight is 460 g/mol. The predicted molar refractivity (Wildman–Crippen MR) is 95.9 cm³/mol. The molecule has 2 aromatic carbocycles. The van der Waals surface area contributed by atoms with Crippen LogP contribution in [0.15, 0.2) is 39.3 Å². The van der Waals surface area contributed by atoms with Crippen LogP contribution in [0.2, 0.25) is 0 Å². The molecule has 1 N–H and O–H groups in total. The molecule has 0 aliphatic carbocycles. The van der Waals surface area contributed by atoms with E-state index in [1.807, 2.05) is 0 Å². The van der Waals surface area contributed by atoms with Crippen molar-refractivity contribution < 1.29 is 19.2 Å². The Morgan fingerprint density at radius 1 is 1.17 bits per heavy atom. The van der Waals surface area contributed by atoms with Crippen LogP contribution in [0, 0.1) is 10.1 Å². The molecule has 0 atom stereocenters. The fourth-order valence-electron chi connectivity index (χ4n) is 1.91. The van der Waals surface area contributed by atoms with Crippen molar-refractivity contribution in [2.24, 2.45) is 0 Å². The van der Waals surface area contributed by atoms with Crippen LogP contribution in [-0.4, -0.2) is 17.9 Å². The summed E-state index contributed by atoms with van der Waals surface area (Å²) >= 11 is 6.66. The number of benzene rings is 2. The molecule has 0 bridgehead atoms. The van der Waals surface area contributed by atoms with Crippen molar-refractivity contribution in [2.45, 2.75) is 6.92 Å². The van der Waals surface area contributed by atoms with E-state index in [0.717, 1.165) is 0 Å². The molecule has 9 heteroatoms. The van der Waals surface area contributed by atoms with Crippen LogP contribution < -0.4 is 14.8 Å². The first-order valence-corrected chi connectivity index (χ1v) is 8.22. The first-order chi connectivity index (χ1) is 11.3. The second-order valence-corrected chi connectivity index (χ2v) is 6.31. The molecule has 0 heterocycles. The number of halogens is 2. The van der Waals surface area contributed by atoms with Gasteiger partial charge in [0, 0.05) is 14.0 Å². The lowest BCUT2D eigenvalue weighted by Gasteiger charge is -2.12. The number of hydrogen-bond donors (Lipinski definition) is 1. The summed E-state index contributed by atoms with van der Waals surface area (Å²) in [5.74, 6) is 0.589. The summed E-state index contributed by atoms with van der Waals surface area (Å²) in [6, 6.07) is 7.63. The SMILES string of the molecule is CNc1ccc(Oc2c(Br)cc(OC(C)=O)cc2Br)cc1[N+](=O)[O-]. The summed E-state index contributed by atoms with van der Waals surface area (Å²) in [6.45, 7) is 1.30. The van der Waals surface area contributed by atoms with Gasteiger partial charge in [-0.25, -0.2) is 0 Å². The highest BCUT2D eigenvalue weighted by Gasteiger charge is 2.17. The normalized spacial score (nSPS) is 10.2. The van der Waals surface area contributed by atoms with E-state index in [1.54, 1.807) is 31.3 Å². The van der Waals surface area contributed by atoms with Crippen molar-refractivity contribution in [2.75, 3.05) is 12.4 Å². The first kappa shape index (κ1) is 18.2. The van der Waals surface area contributed by atoms with Gasteiger partial charge in [0.25, 0.3) is 5.69 Å². The Labute approximate surface area is 154 Å². The first-order valence-electron chi connectivity index (χ1n) is 6.63. The highest BCUT2D eigenvalue weighted by Crippen LogP contribution is 2.41. The molecule has 0 aromatic heterocycles. The second kappa shape index (κ2) is 7.63. The second-order valence-electron chi connectivity index (χ2n) is 4.60. The Kier molecular flexibility index (Phi) is 5.79. The summed E-state index contributed by atoms with van der Waals surface area (Å²) in [6.07, 6.45) is 0. The predicted octanol–water partition coefficient (Wildman–Crippen LogP) is 4.88. The van der Waals surface area contributed by atoms with Gasteiger partial charge in [0.05, 0.1) is 19.9 Å². The molecule has 0 saturated carbocycles. The Balaban J connectivity index is 2.36. The monoisotopic (exact) mass is 458 g/mol. The molecule has 0 unspecified atom stereocenters. The topological polar surface area (TPSA) is 90.7 Å². The van der Waals surface area contributed by atoms with Gasteiger partial charge in [0.15, 0.2) is 5.75 Å². The summed E-state index contributed by atoms with van der Waals surface area (Å²) in [5.41, 5.74) is 0.287. The van der Waals surface area contributed by atoms with Gasteiger partial charge in [-0.05, 0) is 56.1 Å². The van der Waals surface area contributed by atoms with E-state index < -0.39 is 10.9 Å². The molecule has 0 spiro atoms. The smallest absolute Gasteiger partial charge is 0.308 e. The van der Waals surface area contributed by atoms with Crippen LogP contribution in [-0.2, 0) is 4.79 Å². The number of ether oxygens (including phenoxy) is 2. The zero-order valence-corrected chi connectivity index (χ0v) is 15.8. The van der Waals surface area contributed by atoms with Crippen molar-refractivity contribution in [1.82, 2.24) is 0 Å². The third-order valence-corrected chi connectivity index (χ3v) is 4.07. The van der Waals surface area contributed by atoms with Crippen molar-refractivity contribution in [3.8, 4) is 17.2 Å². The summed E-state index contributed by atoms with van der Waals surface area (Å²) in [4.78, 5) is 21.6. The molecule has 126 valence electrons. The van der Waals surface area contributed by atoms with Gasteiger partial charge in [-0.15, -0.1) is 0 Å². The maximum absolute atomic E-state index is 11.1. The third kappa shape index (κ3) is 4.24. The van der Waals surface area contributed by atoms with Gasteiger partial charge in [-0.2, -0.15) is 0 Å². The van der Waals surface area contributed by atoms with E-state index in [2.05, 4.69) is 37.2 Å². The fraction of sp³-hybridized carbons (Fsp3) is 0.133. The number of rotatable bonds is 5. The van der Waals surface area contributed by atoms with Gasteiger partial charge >= 0.3 is 5.97 Å². The molecule has 0 aliphatic heterocycles. The number of anilines is 1. The lowest BCUT2D eigenvalue weighted by molar-refractivity contribution is -0.384. The van der Waals surface area contributed by atoms with Gasteiger partial charge in [-0.1, -0.05) is 0 Å². The standard InChI is InChI=1S/C15H12Br2N2O5/c1-8(20)23-10-5-11(16)15(12(17)6-10)24-9-3-4-13(18-2)14(7-9)19(21)22/h3-7,18H,1-2H3. The minimum Gasteiger partial charge on any atom is -0.455 e. The number of nitrogens with one attached hydrogen (secondary N) is 1. The summed E-state index contributed by atoms with van der Waals surface area (Å²) in [5, 5.41) is 13.9. The minimum atomic E-state index is -0.493. The molecule has 0 saturated heterocycles. The highest BCUT2D eigenvalue weighted by atomic mass is 79.9. The third-order valence-electron chi connectivity index (χ3n) is 2.89. The molecular formula is C15H12Br2N2O5. The minimum absolute atomic E-state index is 0.0984. The number of esters is 1. The number of nitro groups is 1. The zero-order chi connectivity index (χ0) is 17.9. The van der Waals surface area contributed by atoms with E-state index in [9.17, 15) is 14.9 Å². The van der Waals surface area contributed by atoms with Crippen molar-refractivity contribution in [3.63, 3.8) is 0 Å². The van der Waals surface area contributed by atoms with Crippen LogP contribution in [0.5, 0.6) is 17.2 Å². The van der Waals surface area contributed by atoms with E-state index in [-0.39, 0.29) is 5.69 Å². The lowest BCUT2D eigenvalue weighted by atomic mass is 10.2.